The smallest absolute Gasteiger partial charge is 0.125 e. The monoisotopic (exact) mass is 292 g/mol. The number of hydrogen-bond donors (Lipinski definition) is 2. The van der Waals surface area contributed by atoms with Crippen LogP contribution in [0.25, 0.3) is 0 Å². The average Bonchev–Trinajstić information content (AvgIpc) is 2.41. The quantitative estimate of drug-likeness (QED) is 0.886. The largest absolute Gasteiger partial charge is 0.376 e. The number of aryl methyl sites for hydroxylation is 2. The van der Waals surface area contributed by atoms with E-state index in [2.05, 4.69) is 5.32 Å². The zero-order chi connectivity index (χ0) is 14.7. The van der Waals surface area contributed by atoms with Gasteiger partial charge in [-0.15, -0.1) is 0 Å². The van der Waals surface area contributed by atoms with Crippen LogP contribution in [0, 0.1) is 19.7 Å². The molecular weight excluding hydrogens is 275 g/mol. The predicted molar refractivity (Wildman–Crippen MR) is 82.7 cm³/mol. The molecule has 0 fully saturated rings. The lowest BCUT2D eigenvalue weighted by Crippen LogP contribution is -2.22. The van der Waals surface area contributed by atoms with Crippen molar-refractivity contribution >= 4 is 17.3 Å². The lowest BCUT2D eigenvalue weighted by Gasteiger charge is -2.23. The second-order valence-electron chi connectivity index (χ2n) is 4.86. The van der Waals surface area contributed by atoms with Crippen molar-refractivity contribution in [1.82, 2.24) is 0 Å². The fourth-order valence-corrected chi connectivity index (χ4v) is 2.59. The van der Waals surface area contributed by atoms with Gasteiger partial charge in [0.1, 0.15) is 5.82 Å². The summed E-state index contributed by atoms with van der Waals surface area (Å²) in [6.45, 7) is 4.48. The van der Waals surface area contributed by atoms with Crippen molar-refractivity contribution in [1.29, 1.82) is 0 Å². The minimum atomic E-state index is -0.325. The van der Waals surface area contributed by atoms with Gasteiger partial charge in [0.05, 0.1) is 16.8 Å². The molecule has 0 aliphatic heterocycles. The number of halogens is 2. The third-order valence-electron chi connectivity index (χ3n) is 3.38. The Kier molecular flexibility index (Phi) is 4.63. The molecule has 0 heterocycles. The first-order valence-corrected chi connectivity index (χ1v) is 6.88. The lowest BCUT2D eigenvalue weighted by molar-refractivity contribution is 0.627. The molecule has 0 aliphatic carbocycles. The van der Waals surface area contributed by atoms with Gasteiger partial charge < -0.3 is 11.1 Å². The Balaban J connectivity index is 2.36. The van der Waals surface area contributed by atoms with Crippen LogP contribution in [0.2, 0.25) is 5.02 Å². The van der Waals surface area contributed by atoms with E-state index in [1.54, 1.807) is 0 Å². The molecule has 20 heavy (non-hydrogen) atoms. The van der Waals surface area contributed by atoms with Gasteiger partial charge >= 0.3 is 0 Å². The van der Waals surface area contributed by atoms with Gasteiger partial charge in [0, 0.05) is 6.54 Å². The Hall–Kier alpha value is -1.58. The molecule has 0 bridgehead atoms. The first-order valence-electron chi connectivity index (χ1n) is 6.50. The van der Waals surface area contributed by atoms with Gasteiger partial charge in [0.15, 0.2) is 0 Å². The molecule has 2 nitrogen and oxygen atoms in total. The van der Waals surface area contributed by atoms with Gasteiger partial charge in [-0.25, -0.2) is 4.39 Å². The van der Waals surface area contributed by atoms with Crippen molar-refractivity contribution < 1.29 is 4.39 Å². The second kappa shape index (κ2) is 6.25. The summed E-state index contributed by atoms with van der Waals surface area (Å²) in [6.07, 6.45) is 0. The minimum absolute atomic E-state index is 0.101. The highest BCUT2D eigenvalue weighted by atomic mass is 35.5. The van der Waals surface area contributed by atoms with Crippen LogP contribution in [0.4, 0.5) is 10.1 Å². The molecule has 2 aromatic carbocycles. The molecule has 0 spiro atoms. The first-order chi connectivity index (χ1) is 9.52. The Morgan fingerprint density at radius 1 is 1.20 bits per heavy atom. The molecule has 3 N–H and O–H groups in total. The summed E-state index contributed by atoms with van der Waals surface area (Å²) in [5.41, 5.74) is 9.88. The SMILES string of the molecule is Cc1cccc(C)c1C(CN)Nc1cc(F)ccc1Cl. The Bertz CT molecular complexity index is 593. The van der Waals surface area contributed by atoms with Crippen molar-refractivity contribution in [3.8, 4) is 0 Å². The average molecular weight is 293 g/mol. The summed E-state index contributed by atoms with van der Waals surface area (Å²) >= 11 is 6.09. The van der Waals surface area contributed by atoms with E-state index in [1.807, 2.05) is 32.0 Å². The molecule has 1 atom stereocenters. The van der Waals surface area contributed by atoms with Crippen molar-refractivity contribution in [2.75, 3.05) is 11.9 Å². The van der Waals surface area contributed by atoms with E-state index in [9.17, 15) is 4.39 Å². The molecule has 4 heteroatoms. The zero-order valence-electron chi connectivity index (χ0n) is 11.6. The second-order valence-corrected chi connectivity index (χ2v) is 5.27. The van der Waals surface area contributed by atoms with Gasteiger partial charge in [-0.05, 0) is 48.7 Å². The van der Waals surface area contributed by atoms with Crippen LogP contribution >= 0.6 is 11.6 Å². The fraction of sp³-hybridized carbons (Fsp3) is 0.250. The van der Waals surface area contributed by atoms with Crippen LogP contribution in [0.5, 0.6) is 0 Å². The van der Waals surface area contributed by atoms with Crippen molar-refractivity contribution in [3.05, 3.63) is 63.9 Å². The minimum Gasteiger partial charge on any atom is -0.376 e. The van der Waals surface area contributed by atoms with E-state index < -0.39 is 0 Å². The van der Waals surface area contributed by atoms with E-state index in [0.717, 1.165) is 16.7 Å². The molecule has 1 unspecified atom stereocenters. The number of nitrogens with one attached hydrogen (secondary N) is 1. The molecule has 106 valence electrons. The highest BCUT2D eigenvalue weighted by Crippen LogP contribution is 2.29. The summed E-state index contributed by atoms with van der Waals surface area (Å²) in [5.74, 6) is -0.325. The summed E-state index contributed by atoms with van der Waals surface area (Å²) in [4.78, 5) is 0. The first kappa shape index (κ1) is 14.8. The standard InChI is InChI=1S/C16H18ClFN2/c1-10-4-3-5-11(2)16(10)15(9-19)20-14-8-12(18)6-7-13(14)17/h3-8,15,20H,9,19H2,1-2H3. The van der Waals surface area contributed by atoms with E-state index in [0.29, 0.717) is 17.3 Å². The fourth-order valence-electron chi connectivity index (χ4n) is 2.42. The van der Waals surface area contributed by atoms with Crippen LogP contribution in [-0.2, 0) is 0 Å². The van der Waals surface area contributed by atoms with Crippen LogP contribution in [0.15, 0.2) is 36.4 Å². The number of anilines is 1. The third kappa shape index (κ3) is 3.11. The van der Waals surface area contributed by atoms with Gasteiger partial charge in [0.25, 0.3) is 0 Å². The normalized spacial score (nSPS) is 12.2. The summed E-state index contributed by atoms with van der Waals surface area (Å²) in [5, 5.41) is 3.72. The van der Waals surface area contributed by atoms with Crippen molar-refractivity contribution in [3.63, 3.8) is 0 Å². The number of rotatable bonds is 4. The molecule has 0 amide bonds. The van der Waals surface area contributed by atoms with Crippen LogP contribution < -0.4 is 11.1 Å². The van der Waals surface area contributed by atoms with E-state index in [-0.39, 0.29) is 11.9 Å². The van der Waals surface area contributed by atoms with Crippen LogP contribution in [-0.4, -0.2) is 6.54 Å². The molecule has 0 saturated heterocycles. The summed E-state index contributed by atoms with van der Waals surface area (Å²) in [6, 6.07) is 10.3. The van der Waals surface area contributed by atoms with Gasteiger partial charge in [-0.2, -0.15) is 0 Å². The van der Waals surface area contributed by atoms with E-state index in [4.69, 9.17) is 17.3 Å². The predicted octanol–water partition coefficient (Wildman–Crippen LogP) is 4.21. The molecular formula is C16H18ClFN2. The molecule has 0 radical (unpaired) electrons. The van der Waals surface area contributed by atoms with Crippen molar-refractivity contribution in [2.24, 2.45) is 5.73 Å². The highest BCUT2D eigenvalue weighted by molar-refractivity contribution is 6.33. The number of nitrogens with two attached hydrogens (primary N) is 1. The Morgan fingerprint density at radius 3 is 2.45 bits per heavy atom. The molecule has 0 aliphatic rings. The summed E-state index contributed by atoms with van der Waals surface area (Å²) < 4.78 is 13.3. The molecule has 2 rings (SSSR count). The Morgan fingerprint density at radius 2 is 1.85 bits per heavy atom. The zero-order valence-corrected chi connectivity index (χ0v) is 12.3. The van der Waals surface area contributed by atoms with Crippen LogP contribution in [0.3, 0.4) is 0 Å². The Labute approximate surface area is 123 Å². The third-order valence-corrected chi connectivity index (χ3v) is 3.71. The highest BCUT2D eigenvalue weighted by Gasteiger charge is 2.16. The van der Waals surface area contributed by atoms with Gasteiger partial charge in [0.2, 0.25) is 0 Å². The van der Waals surface area contributed by atoms with Crippen LogP contribution in [0.1, 0.15) is 22.7 Å². The lowest BCUT2D eigenvalue weighted by atomic mass is 9.96. The maximum absolute atomic E-state index is 13.3. The van der Waals surface area contributed by atoms with Gasteiger partial charge in [-0.3, -0.25) is 0 Å². The molecule has 2 aromatic rings. The molecule has 0 saturated carbocycles. The summed E-state index contributed by atoms with van der Waals surface area (Å²) in [7, 11) is 0. The number of hydrogen-bond acceptors (Lipinski definition) is 2. The maximum atomic E-state index is 13.3. The van der Waals surface area contributed by atoms with Crippen molar-refractivity contribution in [2.45, 2.75) is 19.9 Å². The molecule has 0 aromatic heterocycles. The van der Waals surface area contributed by atoms with Gasteiger partial charge in [-0.1, -0.05) is 29.8 Å². The maximum Gasteiger partial charge on any atom is 0.125 e. The van der Waals surface area contributed by atoms with E-state index >= 15 is 0 Å². The van der Waals surface area contributed by atoms with E-state index in [1.165, 1.54) is 18.2 Å². The number of benzene rings is 2. The topological polar surface area (TPSA) is 38.0 Å².